The van der Waals surface area contributed by atoms with E-state index in [1.54, 1.807) is 6.92 Å². The van der Waals surface area contributed by atoms with E-state index < -0.39 is 52.3 Å². The van der Waals surface area contributed by atoms with Gasteiger partial charge >= 0.3 is 6.03 Å². The number of halogens is 4. The molecular formula is C22H20F4N6O3. The van der Waals surface area contributed by atoms with Gasteiger partial charge < -0.3 is 10.6 Å². The molecular weight excluding hydrogens is 472 g/mol. The summed E-state index contributed by atoms with van der Waals surface area (Å²) in [7, 11) is 0. The van der Waals surface area contributed by atoms with Gasteiger partial charge in [0.1, 0.15) is 17.2 Å². The molecule has 0 spiro atoms. The standard InChI is InChI=1S/C22H20F4N6O3/c1-10-8-31(21(35)28-10)15-5-4-12-16(33)13(19(34)30-22(2,3)20(25)26)9-32(17(12)29-15)18-14(24)6-11(23)7-27-18/h4-7,9-10,20H,8H2,1-3H3,(H,28,35)(H,30,34)/t10-/m1/s1. The third-order valence-corrected chi connectivity index (χ3v) is 5.43. The number of hydrogen-bond acceptors (Lipinski definition) is 5. The number of alkyl halides is 2. The first-order chi connectivity index (χ1) is 16.4. The molecule has 4 heterocycles. The maximum atomic E-state index is 14.7. The molecule has 0 aromatic carbocycles. The van der Waals surface area contributed by atoms with Crippen molar-refractivity contribution in [2.45, 2.75) is 38.8 Å². The Balaban J connectivity index is 1.95. The molecule has 0 aliphatic carbocycles. The van der Waals surface area contributed by atoms with Gasteiger partial charge in [0.2, 0.25) is 5.43 Å². The van der Waals surface area contributed by atoms with Gasteiger partial charge in [-0.25, -0.2) is 32.3 Å². The minimum atomic E-state index is -2.94. The molecule has 3 aromatic rings. The van der Waals surface area contributed by atoms with Crippen molar-refractivity contribution >= 4 is 28.8 Å². The maximum absolute atomic E-state index is 14.7. The number of anilines is 1. The Morgan fingerprint density at radius 3 is 2.57 bits per heavy atom. The summed E-state index contributed by atoms with van der Waals surface area (Å²) in [6, 6.07) is 2.58. The topological polar surface area (TPSA) is 109 Å². The molecule has 2 N–H and O–H groups in total. The van der Waals surface area contributed by atoms with E-state index in [2.05, 4.69) is 20.6 Å². The summed E-state index contributed by atoms with van der Waals surface area (Å²) >= 11 is 0. The maximum Gasteiger partial charge on any atom is 0.323 e. The lowest BCUT2D eigenvalue weighted by molar-refractivity contribution is 0.0447. The zero-order valence-electron chi connectivity index (χ0n) is 18.8. The molecule has 13 heteroatoms. The van der Waals surface area contributed by atoms with Crippen molar-refractivity contribution in [3.63, 3.8) is 0 Å². The Morgan fingerprint density at radius 2 is 1.97 bits per heavy atom. The third kappa shape index (κ3) is 4.40. The number of rotatable bonds is 5. The highest BCUT2D eigenvalue weighted by Crippen LogP contribution is 2.23. The highest BCUT2D eigenvalue weighted by molar-refractivity contribution is 5.98. The van der Waals surface area contributed by atoms with Crippen LogP contribution in [0.5, 0.6) is 0 Å². The molecule has 3 aromatic heterocycles. The van der Waals surface area contributed by atoms with Crippen molar-refractivity contribution in [3.8, 4) is 5.82 Å². The fourth-order valence-corrected chi connectivity index (χ4v) is 3.55. The quantitative estimate of drug-likeness (QED) is 0.533. The van der Waals surface area contributed by atoms with Gasteiger partial charge in [0, 0.05) is 24.8 Å². The van der Waals surface area contributed by atoms with Gasteiger partial charge in [-0.05, 0) is 32.9 Å². The molecule has 3 amide bonds. The van der Waals surface area contributed by atoms with Gasteiger partial charge in [0.25, 0.3) is 12.3 Å². The highest BCUT2D eigenvalue weighted by Gasteiger charge is 2.33. The number of fused-ring (bicyclic) bond motifs is 1. The first-order valence-electron chi connectivity index (χ1n) is 10.5. The van der Waals surface area contributed by atoms with Crippen molar-refractivity contribution < 1.29 is 27.2 Å². The van der Waals surface area contributed by atoms with Crippen molar-refractivity contribution in [2.24, 2.45) is 0 Å². The van der Waals surface area contributed by atoms with Crippen molar-refractivity contribution in [2.75, 3.05) is 11.4 Å². The molecule has 0 saturated carbocycles. The number of pyridine rings is 3. The number of carbonyl (C=O) groups is 2. The summed E-state index contributed by atoms with van der Waals surface area (Å²) in [6.45, 7) is 4.20. The lowest BCUT2D eigenvalue weighted by atomic mass is 10.1. The SMILES string of the molecule is C[C@@H]1CN(c2ccc3c(=O)c(C(=O)NC(C)(C)C(F)F)cn(-c4ncc(F)cc4F)c3n2)C(=O)N1. The normalized spacial score (nSPS) is 16.2. The number of nitrogens with zero attached hydrogens (tertiary/aromatic N) is 4. The van der Waals surface area contributed by atoms with Crippen LogP contribution in [0.15, 0.2) is 35.4 Å². The zero-order chi connectivity index (χ0) is 25.7. The number of amides is 3. The Bertz CT molecular complexity index is 1410. The van der Waals surface area contributed by atoms with E-state index in [0.717, 1.165) is 30.8 Å². The number of carbonyl (C=O) groups excluding carboxylic acids is 2. The van der Waals surface area contributed by atoms with Crippen LogP contribution in [-0.4, -0.2) is 51.0 Å². The van der Waals surface area contributed by atoms with Crippen LogP contribution >= 0.6 is 0 Å². The van der Waals surface area contributed by atoms with Gasteiger partial charge in [-0.1, -0.05) is 0 Å². The largest absolute Gasteiger partial charge is 0.341 e. The van der Waals surface area contributed by atoms with E-state index >= 15 is 0 Å². The summed E-state index contributed by atoms with van der Waals surface area (Å²) in [4.78, 5) is 47.5. The molecule has 0 bridgehead atoms. The Kier molecular flexibility index (Phi) is 5.95. The van der Waals surface area contributed by atoms with Crippen molar-refractivity contribution in [3.05, 3.63) is 58.0 Å². The van der Waals surface area contributed by atoms with Gasteiger partial charge in [-0.15, -0.1) is 0 Å². The third-order valence-electron chi connectivity index (χ3n) is 5.43. The second-order valence-corrected chi connectivity index (χ2v) is 8.68. The van der Waals surface area contributed by atoms with Crippen LogP contribution in [0, 0.1) is 11.6 Å². The lowest BCUT2D eigenvalue weighted by Gasteiger charge is -2.25. The Morgan fingerprint density at radius 1 is 1.26 bits per heavy atom. The first kappa shape index (κ1) is 24.1. The van der Waals surface area contributed by atoms with Crippen LogP contribution in [0.3, 0.4) is 0 Å². The van der Waals surface area contributed by atoms with Gasteiger partial charge in [-0.3, -0.25) is 19.1 Å². The van der Waals surface area contributed by atoms with E-state index in [9.17, 15) is 31.9 Å². The minimum absolute atomic E-state index is 0.131. The number of nitrogens with one attached hydrogen (secondary N) is 2. The van der Waals surface area contributed by atoms with Crippen molar-refractivity contribution in [1.29, 1.82) is 0 Å². The smallest absolute Gasteiger partial charge is 0.323 e. The molecule has 9 nitrogen and oxygen atoms in total. The van der Waals surface area contributed by atoms with Gasteiger partial charge in [-0.2, -0.15) is 0 Å². The lowest BCUT2D eigenvalue weighted by Crippen LogP contribution is -2.50. The summed E-state index contributed by atoms with van der Waals surface area (Å²) in [5.41, 5.74) is -3.59. The molecule has 1 aliphatic rings. The molecule has 4 rings (SSSR count). The summed E-state index contributed by atoms with van der Waals surface area (Å²) in [5.74, 6) is -3.60. The predicted molar refractivity (Wildman–Crippen MR) is 118 cm³/mol. The van der Waals surface area contributed by atoms with Crippen LogP contribution in [0.4, 0.5) is 28.2 Å². The summed E-state index contributed by atoms with van der Waals surface area (Å²) < 4.78 is 55.7. The zero-order valence-corrected chi connectivity index (χ0v) is 18.8. The minimum Gasteiger partial charge on any atom is -0.341 e. The second kappa shape index (κ2) is 8.64. The van der Waals surface area contributed by atoms with E-state index in [0.29, 0.717) is 6.07 Å². The van der Waals surface area contributed by atoms with E-state index in [1.807, 2.05) is 0 Å². The monoisotopic (exact) mass is 492 g/mol. The van der Waals surface area contributed by atoms with Gasteiger partial charge in [0.15, 0.2) is 17.3 Å². The first-order valence-corrected chi connectivity index (χ1v) is 10.5. The molecule has 0 radical (unpaired) electrons. The summed E-state index contributed by atoms with van der Waals surface area (Å²) in [6.07, 6.45) is -1.32. The average molecular weight is 492 g/mol. The van der Waals surface area contributed by atoms with Crippen LogP contribution in [0.25, 0.3) is 16.9 Å². The molecule has 1 aliphatic heterocycles. The Labute approximate surface area is 195 Å². The predicted octanol–water partition coefficient (Wildman–Crippen LogP) is 2.75. The summed E-state index contributed by atoms with van der Waals surface area (Å²) in [5, 5.41) is 4.61. The molecule has 184 valence electrons. The molecule has 35 heavy (non-hydrogen) atoms. The highest BCUT2D eigenvalue weighted by atomic mass is 19.3. The average Bonchev–Trinajstić information content (AvgIpc) is 3.11. The van der Waals surface area contributed by atoms with Crippen LogP contribution in [0.2, 0.25) is 0 Å². The fourth-order valence-electron chi connectivity index (χ4n) is 3.55. The molecule has 1 saturated heterocycles. The van der Waals surface area contributed by atoms with Crippen LogP contribution in [-0.2, 0) is 0 Å². The number of aromatic nitrogens is 3. The van der Waals surface area contributed by atoms with Gasteiger partial charge in [0.05, 0.1) is 17.1 Å². The Hall–Kier alpha value is -4.03. The van der Waals surface area contributed by atoms with E-state index in [1.165, 1.54) is 17.0 Å². The second-order valence-electron chi connectivity index (χ2n) is 8.68. The van der Waals surface area contributed by atoms with E-state index in [4.69, 9.17) is 0 Å². The number of urea groups is 1. The number of hydrogen-bond donors (Lipinski definition) is 2. The fraction of sp³-hybridized carbons (Fsp3) is 0.318. The van der Waals surface area contributed by atoms with E-state index in [-0.39, 0.29) is 29.4 Å². The molecule has 1 atom stereocenters. The molecule has 1 fully saturated rings. The molecule has 0 unspecified atom stereocenters. The van der Waals surface area contributed by atoms with Crippen LogP contribution in [0.1, 0.15) is 31.1 Å². The van der Waals surface area contributed by atoms with Crippen molar-refractivity contribution in [1.82, 2.24) is 25.2 Å². The van der Waals surface area contributed by atoms with Crippen LogP contribution < -0.4 is 21.0 Å².